The molecule has 2 atom stereocenters. The van der Waals surface area contributed by atoms with Gasteiger partial charge < -0.3 is 14.4 Å². The van der Waals surface area contributed by atoms with Crippen LogP contribution in [0.25, 0.3) is 0 Å². The van der Waals surface area contributed by atoms with Gasteiger partial charge in [-0.3, -0.25) is 14.8 Å². The first kappa shape index (κ1) is 16.9. The predicted octanol–water partition coefficient (Wildman–Crippen LogP) is 1.96. The van der Waals surface area contributed by atoms with Crippen molar-refractivity contribution in [2.24, 2.45) is 5.41 Å². The summed E-state index contributed by atoms with van der Waals surface area (Å²) in [6, 6.07) is 3.75. The Morgan fingerprint density at radius 1 is 1.31 bits per heavy atom. The lowest BCUT2D eigenvalue weighted by Crippen LogP contribution is -2.58. The number of pyridine rings is 1. The highest BCUT2D eigenvalue weighted by atomic mass is 16.5. The van der Waals surface area contributed by atoms with Gasteiger partial charge in [0, 0.05) is 43.7 Å². The third-order valence-corrected chi connectivity index (χ3v) is 5.22. The summed E-state index contributed by atoms with van der Waals surface area (Å²) in [6.45, 7) is 2.55. The Hall–Kier alpha value is -2.54. The summed E-state index contributed by atoms with van der Waals surface area (Å²) in [7, 11) is 0. The van der Waals surface area contributed by atoms with Crippen LogP contribution in [0.15, 0.2) is 43.1 Å². The van der Waals surface area contributed by atoms with E-state index in [-0.39, 0.29) is 17.4 Å². The van der Waals surface area contributed by atoms with Gasteiger partial charge in [-0.25, -0.2) is 4.98 Å². The molecule has 2 unspecified atom stereocenters. The summed E-state index contributed by atoms with van der Waals surface area (Å²) >= 11 is 0. The number of hydrogen-bond acceptors (Lipinski definition) is 6. The minimum Gasteiger partial charge on any atom is -0.491 e. The number of rotatable bonds is 4. The van der Waals surface area contributed by atoms with Gasteiger partial charge in [-0.2, -0.15) is 0 Å². The van der Waals surface area contributed by atoms with Gasteiger partial charge in [0.1, 0.15) is 11.4 Å². The van der Waals surface area contributed by atoms with Gasteiger partial charge >= 0.3 is 0 Å². The summed E-state index contributed by atoms with van der Waals surface area (Å²) in [5.74, 6) is 0.659. The molecule has 0 aromatic carbocycles. The molecule has 0 radical (unpaired) electrons. The van der Waals surface area contributed by atoms with Crippen LogP contribution in [-0.2, 0) is 4.74 Å². The minimum absolute atomic E-state index is 0.0807. The molecule has 0 spiro atoms. The molecule has 0 N–H and O–H groups in total. The molecular formula is C19H22N4O3. The van der Waals surface area contributed by atoms with Crippen molar-refractivity contribution in [1.29, 1.82) is 0 Å². The molecule has 2 aromatic rings. The smallest absolute Gasteiger partial charge is 0.274 e. The van der Waals surface area contributed by atoms with E-state index in [1.807, 2.05) is 17.0 Å². The maximum atomic E-state index is 12.8. The van der Waals surface area contributed by atoms with E-state index in [0.717, 1.165) is 31.6 Å². The second kappa shape index (κ2) is 7.37. The van der Waals surface area contributed by atoms with Crippen molar-refractivity contribution in [3.63, 3.8) is 0 Å². The molecular weight excluding hydrogens is 332 g/mol. The molecule has 2 fully saturated rings. The fraction of sp³-hybridized carbons (Fsp3) is 0.474. The van der Waals surface area contributed by atoms with Gasteiger partial charge in [-0.1, -0.05) is 0 Å². The molecule has 1 amide bonds. The van der Waals surface area contributed by atoms with Crippen LogP contribution < -0.4 is 4.74 Å². The maximum absolute atomic E-state index is 12.8. The minimum atomic E-state index is -0.204. The lowest BCUT2D eigenvalue weighted by atomic mass is 9.73. The fourth-order valence-electron chi connectivity index (χ4n) is 3.91. The molecule has 7 heteroatoms. The zero-order valence-electron chi connectivity index (χ0n) is 14.6. The predicted molar refractivity (Wildman–Crippen MR) is 93.7 cm³/mol. The van der Waals surface area contributed by atoms with Crippen molar-refractivity contribution in [2.45, 2.75) is 25.4 Å². The number of aromatic nitrogens is 3. The third-order valence-electron chi connectivity index (χ3n) is 5.22. The van der Waals surface area contributed by atoms with Crippen LogP contribution in [0.2, 0.25) is 0 Å². The average Bonchev–Trinajstić information content (AvgIpc) is 2.73. The standard InChI is InChI=1S/C19H22N4O3/c24-18(16-12-21-7-8-22-16)23-9-4-17-19(13-23,5-2-10-25-17)14-26-15-3-1-6-20-11-15/h1,3,6-8,11-12,17H,2,4-5,9-10,13-14H2. The highest BCUT2D eigenvalue weighted by Crippen LogP contribution is 2.40. The van der Waals surface area contributed by atoms with Crippen LogP contribution in [-0.4, -0.2) is 58.2 Å². The summed E-state index contributed by atoms with van der Waals surface area (Å²) in [4.78, 5) is 26.9. The SMILES string of the molecule is O=C(c1cnccn1)N1CCC2OCCCC2(COc2cccnc2)C1. The number of carbonyl (C=O) groups is 1. The van der Waals surface area contributed by atoms with Crippen LogP contribution in [0.4, 0.5) is 0 Å². The van der Waals surface area contributed by atoms with Gasteiger partial charge in [-0.15, -0.1) is 0 Å². The topological polar surface area (TPSA) is 77.4 Å². The van der Waals surface area contributed by atoms with E-state index in [2.05, 4.69) is 15.0 Å². The summed E-state index contributed by atoms with van der Waals surface area (Å²) in [5, 5.41) is 0. The number of hydrogen-bond donors (Lipinski definition) is 0. The zero-order valence-corrected chi connectivity index (χ0v) is 14.6. The van der Waals surface area contributed by atoms with E-state index in [4.69, 9.17) is 9.47 Å². The monoisotopic (exact) mass is 354 g/mol. The molecule has 2 aromatic heterocycles. The number of piperidine rings is 1. The molecule has 0 saturated carbocycles. The molecule has 2 aliphatic rings. The fourth-order valence-corrected chi connectivity index (χ4v) is 3.91. The van der Waals surface area contributed by atoms with Crippen molar-refractivity contribution in [2.75, 3.05) is 26.3 Å². The molecule has 2 aliphatic heterocycles. The van der Waals surface area contributed by atoms with Crippen molar-refractivity contribution in [3.8, 4) is 5.75 Å². The molecule has 4 heterocycles. The number of carbonyl (C=O) groups excluding carboxylic acids is 1. The van der Waals surface area contributed by atoms with Crippen LogP contribution >= 0.6 is 0 Å². The van der Waals surface area contributed by atoms with Gasteiger partial charge in [-0.05, 0) is 31.4 Å². The Balaban J connectivity index is 1.52. The number of likely N-dealkylation sites (tertiary alicyclic amines) is 1. The summed E-state index contributed by atoms with van der Waals surface area (Å²) in [6.07, 6.45) is 10.9. The number of amides is 1. The van der Waals surface area contributed by atoms with Crippen molar-refractivity contribution in [3.05, 3.63) is 48.8 Å². The van der Waals surface area contributed by atoms with Crippen molar-refractivity contribution >= 4 is 5.91 Å². The second-order valence-corrected chi connectivity index (χ2v) is 6.91. The highest BCUT2D eigenvalue weighted by Gasteiger charge is 2.48. The van der Waals surface area contributed by atoms with Crippen LogP contribution in [0.5, 0.6) is 5.75 Å². The Labute approximate surface area is 152 Å². The first-order chi connectivity index (χ1) is 12.8. The van der Waals surface area contributed by atoms with E-state index in [1.165, 1.54) is 6.20 Å². The first-order valence-corrected chi connectivity index (χ1v) is 8.97. The van der Waals surface area contributed by atoms with Crippen LogP contribution in [0.3, 0.4) is 0 Å². The van der Waals surface area contributed by atoms with Crippen LogP contribution in [0.1, 0.15) is 29.8 Å². The third kappa shape index (κ3) is 3.39. The second-order valence-electron chi connectivity index (χ2n) is 6.91. The lowest BCUT2D eigenvalue weighted by molar-refractivity contribution is -0.133. The van der Waals surface area contributed by atoms with E-state index in [1.54, 1.807) is 24.8 Å². The Kier molecular flexibility index (Phi) is 4.79. The largest absolute Gasteiger partial charge is 0.491 e. The van der Waals surface area contributed by atoms with Crippen LogP contribution in [0, 0.1) is 5.41 Å². The lowest BCUT2D eigenvalue weighted by Gasteiger charge is -2.50. The molecule has 2 saturated heterocycles. The Morgan fingerprint density at radius 3 is 3.04 bits per heavy atom. The molecule has 4 rings (SSSR count). The van der Waals surface area contributed by atoms with Gasteiger partial charge in [0.05, 0.1) is 25.1 Å². The van der Waals surface area contributed by atoms with Gasteiger partial charge in [0.2, 0.25) is 0 Å². The maximum Gasteiger partial charge on any atom is 0.274 e. The Morgan fingerprint density at radius 2 is 2.23 bits per heavy atom. The number of ether oxygens (including phenoxy) is 2. The normalized spacial score (nSPS) is 25.4. The van der Waals surface area contributed by atoms with Crippen molar-refractivity contribution in [1.82, 2.24) is 19.9 Å². The summed E-state index contributed by atoms with van der Waals surface area (Å²) < 4.78 is 12.1. The number of nitrogens with zero attached hydrogens (tertiary/aromatic N) is 4. The number of fused-ring (bicyclic) bond motifs is 1. The van der Waals surface area contributed by atoms with E-state index >= 15 is 0 Å². The highest BCUT2D eigenvalue weighted by molar-refractivity contribution is 5.92. The molecule has 136 valence electrons. The summed E-state index contributed by atoms with van der Waals surface area (Å²) in [5.41, 5.74) is 0.176. The molecule has 26 heavy (non-hydrogen) atoms. The van der Waals surface area contributed by atoms with Gasteiger partial charge in [0.25, 0.3) is 5.91 Å². The van der Waals surface area contributed by atoms with E-state index < -0.39 is 0 Å². The first-order valence-electron chi connectivity index (χ1n) is 8.97. The molecule has 0 aliphatic carbocycles. The molecule has 7 nitrogen and oxygen atoms in total. The van der Waals surface area contributed by atoms with Gasteiger partial charge in [0.15, 0.2) is 0 Å². The zero-order chi connectivity index (χ0) is 17.8. The van der Waals surface area contributed by atoms with E-state index in [0.29, 0.717) is 25.4 Å². The average molecular weight is 354 g/mol. The van der Waals surface area contributed by atoms with E-state index in [9.17, 15) is 4.79 Å². The quantitative estimate of drug-likeness (QED) is 0.835. The Bertz CT molecular complexity index is 743. The van der Waals surface area contributed by atoms with Crippen molar-refractivity contribution < 1.29 is 14.3 Å². The molecule has 0 bridgehead atoms.